The van der Waals surface area contributed by atoms with Gasteiger partial charge in [-0.3, -0.25) is 0 Å². The third kappa shape index (κ3) is 12.3. The summed E-state index contributed by atoms with van der Waals surface area (Å²) < 4.78 is 34.6. The van der Waals surface area contributed by atoms with Gasteiger partial charge in [-0.15, -0.1) is 45.3 Å². The zero-order chi connectivity index (χ0) is 75.2. The fraction of sp³-hybridized carbons (Fsp3) is 0. The van der Waals surface area contributed by atoms with Gasteiger partial charge < -0.3 is 38.9 Å². The second-order valence-corrected chi connectivity index (χ2v) is 32.8. The molecule has 540 valence electrons. The molecule has 8 aromatic heterocycles. The zero-order valence-electron chi connectivity index (χ0n) is 60.9. The summed E-state index contributed by atoms with van der Waals surface area (Å²) in [6.45, 7) is 0. The summed E-state index contributed by atoms with van der Waals surface area (Å²) in [4.78, 5) is 0. The number of thiophene rings is 4. The fourth-order valence-electron chi connectivity index (χ4n) is 16.1. The van der Waals surface area contributed by atoms with Gasteiger partial charge in [-0.25, -0.2) is 0 Å². The second kappa shape index (κ2) is 28.1. The van der Waals surface area contributed by atoms with Crippen molar-refractivity contribution in [3.8, 4) is 11.1 Å². The molecule has 8 nitrogen and oxygen atoms in total. The minimum absolute atomic E-state index is 0.880. The molecule has 0 atom stereocenters. The molecule has 25 aromatic rings. The van der Waals surface area contributed by atoms with Crippen molar-refractivity contribution in [2.75, 3.05) is 21.3 Å². The number of hydrogen-bond donors (Lipinski definition) is 4. The molecular formula is C102H64N4O4S4. The highest BCUT2D eigenvalue weighted by Gasteiger charge is 2.17. The van der Waals surface area contributed by atoms with E-state index in [0.29, 0.717) is 0 Å². The number of para-hydroxylation sites is 4. The first kappa shape index (κ1) is 67.0. The van der Waals surface area contributed by atoms with Crippen molar-refractivity contribution in [1.82, 2.24) is 0 Å². The number of fused-ring (bicyclic) bond motifs is 24. The van der Waals surface area contributed by atoms with Crippen molar-refractivity contribution in [2.24, 2.45) is 0 Å². The van der Waals surface area contributed by atoms with Crippen LogP contribution in [0.5, 0.6) is 0 Å². The van der Waals surface area contributed by atoms with Crippen LogP contribution >= 0.6 is 45.3 Å². The van der Waals surface area contributed by atoms with E-state index in [1.165, 1.54) is 91.8 Å². The lowest BCUT2D eigenvalue weighted by Gasteiger charge is -2.09. The van der Waals surface area contributed by atoms with Crippen molar-refractivity contribution in [2.45, 2.75) is 0 Å². The van der Waals surface area contributed by atoms with Crippen LogP contribution in [0.2, 0.25) is 0 Å². The Morgan fingerprint density at radius 2 is 0.509 bits per heavy atom. The van der Waals surface area contributed by atoms with Crippen LogP contribution in [0.1, 0.15) is 0 Å². The average molecular weight is 1540 g/mol. The molecule has 0 aliphatic carbocycles. The maximum absolute atomic E-state index is 6.01. The summed E-state index contributed by atoms with van der Waals surface area (Å²) >= 11 is 7.44. The van der Waals surface area contributed by atoms with Crippen LogP contribution in [0.4, 0.5) is 45.5 Å². The van der Waals surface area contributed by atoms with Crippen LogP contribution in [0.15, 0.2) is 382 Å². The first-order valence-electron chi connectivity index (χ1n) is 37.9. The molecule has 0 saturated carbocycles. The Balaban J connectivity index is 0.0000000930. The largest absolute Gasteiger partial charge is 0.456 e. The molecule has 17 aromatic carbocycles. The number of rotatable bonds is 9. The molecule has 0 spiro atoms. The molecule has 0 amide bonds. The van der Waals surface area contributed by atoms with Crippen molar-refractivity contribution < 1.29 is 17.7 Å². The van der Waals surface area contributed by atoms with Gasteiger partial charge in [0.25, 0.3) is 0 Å². The van der Waals surface area contributed by atoms with Gasteiger partial charge in [0.05, 0.1) is 11.1 Å². The molecule has 4 N–H and O–H groups in total. The summed E-state index contributed by atoms with van der Waals surface area (Å²) in [5.41, 5.74) is 18.2. The number of benzene rings is 17. The molecule has 0 aliphatic heterocycles. The number of hydrogen-bond acceptors (Lipinski definition) is 12. The zero-order valence-corrected chi connectivity index (χ0v) is 64.2. The highest BCUT2D eigenvalue weighted by atomic mass is 32.1. The van der Waals surface area contributed by atoms with Crippen LogP contribution in [0.25, 0.3) is 180 Å². The lowest BCUT2D eigenvalue weighted by atomic mass is 10.0. The Hall–Kier alpha value is -14.0. The first-order valence-corrected chi connectivity index (χ1v) is 41.1. The maximum Gasteiger partial charge on any atom is 0.137 e. The highest BCUT2D eigenvalue weighted by molar-refractivity contribution is 7.27. The molecular weight excluding hydrogens is 1470 g/mol. The minimum Gasteiger partial charge on any atom is -0.456 e. The van der Waals surface area contributed by atoms with Gasteiger partial charge in [-0.2, -0.15) is 0 Å². The molecule has 0 unspecified atom stereocenters. The van der Waals surface area contributed by atoms with Gasteiger partial charge in [0.2, 0.25) is 0 Å². The lowest BCUT2D eigenvalue weighted by molar-refractivity contribution is 0.668. The van der Waals surface area contributed by atoms with Crippen LogP contribution in [0.3, 0.4) is 0 Å². The predicted octanol–water partition coefficient (Wildman–Crippen LogP) is 32.5. The van der Waals surface area contributed by atoms with E-state index in [0.717, 1.165) is 133 Å². The maximum atomic E-state index is 6.01. The quantitative estimate of drug-likeness (QED) is 0.113. The summed E-state index contributed by atoms with van der Waals surface area (Å²) in [5, 5.41) is 33.9. The van der Waals surface area contributed by atoms with Crippen LogP contribution in [-0.2, 0) is 0 Å². The SMILES string of the molecule is c1ccc2c(c1)oc1cc(Nc3ccc4oc5ccccc5c4c3)ccc12.c1ccc2c(c1)oc1cc(Nc3cccc4oc5ccccc5c34)ccc12.c1ccc2c(c1)sc1cc(Nc3ccc4sc5ccccc5c4c3)ccc12.c1ccc2c(c1)sc1ccc(Nc3ccc(-c4cccc5c4sc4ccccc45)cc3)cc12. The van der Waals surface area contributed by atoms with Gasteiger partial charge >= 0.3 is 0 Å². The molecule has 8 heterocycles. The Kier molecular flexibility index (Phi) is 16.5. The fourth-order valence-corrected chi connectivity index (χ4v) is 20.6. The third-order valence-corrected chi connectivity index (χ3v) is 26.1. The number of furan rings is 4. The number of anilines is 8. The molecule has 0 aliphatic rings. The molecule has 25 rings (SSSR count). The highest BCUT2D eigenvalue weighted by Crippen LogP contribution is 2.45. The van der Waals surface area contributed by atoms with Gasteiger partial charge in [-0.05, 0) is 175 Å². The summed E-state index contributed by atoms with van der Waals surface area (Å²) in [5.74, 6) is 0. The minimum atomic E-state index is 0.880. The van der Waals surface area contributed by atoms with E-state index in [-0.39, 0.29) is 0 Å². The Morgan fingerprint density at radius 3 is 1.09 bits per heavy atom. The number of nitrogens with one attached hydrogen (secondary N) is 4. The van der Waals surface area contributed by atoms with E-state index in [4.69, 9.17) is 17.7 Å². The van der Waals surface area contributed by atoms with Gasteiger partial charge in [0.1, 0.15) is 44.7 Å². The Bertz CT molecular complexity index is 7820. The summed E-state index contributed by atoms with van der Waals surface area (Å²) in [7, 11) is 0. The summed E-state index contributed by atoms with van der Waals surface area (Å²) in [6.07, 6.45) is 0. The molecule has 0 bridgehead atoms. The van der Waals surface area contributed by atoms with E-state index >= 15 is 0 Å². The van der Waals surface area contributed by atoms with Crippen LogP contribution < -0.4 is 21.3 Å². The van der Waals surface area contributed by atoms with E-state index in [1.54, 1.807) is 0 Å². The molecule has 12 heteroatoms. The van der Waals surface area contributed by atoms with Crippen LogP contribution in [-0.4, -0.2) is 0 Å². The normalized spacial score (nSPS) is 11.7. The topological polar surface area (TPSA) is 101 Å². The standard InChI is InChI=1S/C30H19NS2.2C24H15NO2.C24H15NS2/c1-4-11-28-23(6-1)25-9-5-8-22(30(25)33-28)19-12-14-20(15-13-19)31-21-16-17-29-26(18-21)24-7-2-3-10-27(24)32-29;1-3-9-20-16(6-1)17-13-12-15(14-23(17)27-20)25-19-8-5-11-22-24(19)18-7-2-4-10-21(18)26-22;2*1-3-7-21-17(5-1)19-11-9-16(14-24(19)27-21)25-15-10-12-23-20(13-15)18-6-2-4-8-22(18)26-23/h1-18,31H;3*1-14,25H. The van der Waals surface area contributed by atoms with E-state index in [2.05, 4.69) is 282 Å². The predicted molar refractivity (Wildman–Crippen MR) is 491 cm³/mol. The van der Waals surface area contributed by atoms with Gasteiger partial charge in [-0.1, -0.05) is 188 Å². The monoisotopic (exact) mass is 1540 g/mol. The smallest absolute Gasteiger partial charge is 0.137 e. The molecule has 0 saturated heterocycles. The Labute approximate surface area is 668 Å². The molecule has 0 fully saturated rings. The summed E-state index contributed by atoms with van der Waals surface area (Å²) in [6, 6.07) is 127. The van der Waals surface area contributed by atoms with Crippen molar-refractivity contribution in [3.63, 3.8) is 0 Å². The molecule has 0 radical (unpaired) electrons. The van der Waals surface area contributed by atoms with Gasteiger partial charge in [0, 0.05) is 170 Å². The van der Waals surface area contributed by atoms with Crippen molar-refractivity contribution >= 4 is 259 Å². The van der Waals surface area contributed by atoms with E-state index in [9.17, 15) is 0 Å². The van der Waals surface area contributed by atoms with Crippen molar-refractivity contribution in [3.05, 3.63) is 364 Å². The first-order chi connectivity index (χ1) is 56.4. The third-order valence-electron chi connectivity index (χ3n) is 21.4. The Morgan fingerprint density at radius 1 is 0.175 bits per heavy atom. The lowest BCUT2D eigenvalue weighted by Crippen LogP contribution is -1.90. The second-order valence-electron chi connectivity index (χ2n) is 28.5. The molecule has 114 heavy (non-hydrogen) atoms. The van der Waals surface area contributed by atoms with Crippen LogP contribution in [0, 0.1) is 0 Å². The van der Waals surface area contributed by atoms with Crippen molar-refractivity contribution in [1.29, 1.82) is 0 Å². The van der Waals surface area contributed by atoms with Gasteiger partial charge in [0.15, 0.2) is 0 Å². The van der Waals surface area contributed by atoms with E-state index < -0.39 is 0 Å². The van der Waals surface area contributed by atoms with E-state index in [1.807, 2.05) is 148 Å². The average Bonchev–Trinajstić information content (AvgIpc) is 1.65.